The smallest absolute Gasteiger partial charge is 0.288 e. The lowest BCUT2D eigenvalue weighted by Crippen LogP contribution is -2.28. The van der Waals surface area contributed by atoms with E-state index < -0.39 is 17.2 Å². The Morgan fingerprint density at radius 1 is 1.12 bits per heavy atom. The van der Waals surface area contributed by atoms with Crippen LogP contribution < -0.4 is 11.0 Å². The first-order valence-corrected chi connectivity index (χ1v) is 7.01. The van der Waals surface area contributed by atoms with Crippen molar-refractivity contribution in [2.45, 2.75) is 32.4 Å². The summed E-state index contributed by atoms with van der Waals surface area (Å²) in [6.07, 6.45) is -3.07. The van der Waals surface area contributed by atoms with Crippen molar-refractivity contribution in [2.75, 3.05) is 5.43 Å². The Morgan fingerprint density at radius 3 is 2.25 bits per heavy atom. The molecule has 0 spiro atoms. The number of hydrogen-bond acceptors (Lipinski definition) is 5. The predicted molar refractivity (Wildman–Crippen MR) is 84.0 cm³/mol. The fourth-order valence-corrected chi connectivity index (χ4v) is 1.80. The highest BCUT2D eigenvalue weighted by Gasteiger charge is 2.29. The van der Waals surface area contributed by atoms with Crippen molar-refractivity contribution < 1.29 is 13.2 Å². The van der Waals surface area contributed by atoms with Gasteiger partial charge in [-0.15, -0.1) is 10.2 Å². The Morgan fingerprint density at radius 2 is 1.75 bits per heavy atom. The second kappa shape index (κ2) is 6.42. The maximum Gasteiger partial charge on any atom is 0.416 e. The van der Waals surface area contributed by atoms with Gasteiger partial charge in [-0.2, -0.15) is 18.3 Å². The summed E-state index contributed by atoms with van der Waals surface area (Å²) in [6, 6.07) is 4.48. The molecule has 0 saturated carbocycles. The molecule has 0 unspecified atom stereocenters. The number of hydrogen-bond donors (Lipinski definition) is 2. The molecule has 0 saturated heterocycles. The van der Waals surface area contributed by atoms with Crippen molar-refractivity contribution in [3.8, 4) is 0 Å². The van der Waals surface area contributed by atoms with Crippen molar-refractivity contribution in [3.63, 3.8) is 0 Å². The van der Waals surface area contributed by atoms with Gasteiger partial charge in [-0.1, -0.05) is 32.9 Å². The number of aromatic nitrogens is 3. The van der Waals surface area contributed by atoms with Gasteiger partial charge in [-0.05, 0) is 17.7 Å². The Labute approximate surface area is 135 Å². The number of nitrogens with zero attached hydrogens (tertiary/aromatic N) is 3. The van der Waals surface area contributed by atoms with E-state index in [1.165, 1.54) is 18.3 Å². The summed E-state index contributed by atoms with van der Waals surface area (Å²) in [7, 11) is 0. The highest BCUT2D eigenvalue weighted by atomic mass is 19.4. The molecule has 0 radical (unpaired) electrons. The van der Waals surface area contributed by atoms with Gasteiger partial charge in [0.1, 0.15) is 5.69 Å². The zero-order valence-electron chi connectivity index (χ0n) is 13.3. The molecule has 1 aromatic carbocycles. The van der Waals surface area contributed by atoms with Crippen LogP contribution in [0.5, 0.6) is 0 Å². The number of rotatable bonds is 3. The van der Waals surface area contributed by atoms with E-state index in [-0.39, 0.29) is 11.5 Å². The number of nitrogens with one attached hydrogen (secondary N) is 2. The Bertz CT molecular complexity index is 788. The van der Waals surface area contributed by atoms with Crippen LogP contribution in [0, 0.1) is 0 Å². The maximum absolute atomic E-state index is 12.5. The van der Waals surface area contributed by atoms with Gasteiger partial charge in [-0.3, -0.25) is 9.78 Å². The second-order valence-electron chi connectivity index (χ2n) is 6.09. The Hall–Kier alpha value is -2.71. The zero-order valence-corrected chi connectivity index (χ0v) is 13.3. The molecule has 6 nitrogen and oxygen atoms in total. The molecule has 9 heteroatoms. The van der Waals surface area contributed by atoms with Crippen LogP contribution in [0.4, 0.5) is 19.1 Å². The fourth-order valence-electron chi connectivity index (χ4n) is 1.80. The predicted octanol–water partition coefficient (Wildman–Crippen LogP) is 2.93. The van der Waals surface area contributed by atoms with E-state index in [0.717, 1.165) is 12.1 Å². The summed E-state index contributed by atoms with van der Waals surface area (Å²) in [5.74, 6) is 0.0381. The van der Waals surface area contributed by atoms with Crippen LogP contribution in [0.15, 0.2) is 34.2 Å². The van der Waals surface area contributed by atoms with Gasteiger partial charge >= 0.3 is 6.18 Å². The molecule has 2 N–H and O–H groups in total. The lowest BCUT2D eigenvalue weighted by molar-refractivity contribution is -0.137. The summed E-state index contributed by atoms with van der Waals surface area (Å²) >= 11 is 0. The minimum atomic E-state index is -4.38. The fraction of sp³-hybridized carbons (Fsp3) is 0.333. The minimum Gasteiger partial charge on any atom is -0.288 e. The lowest BCUT2D eigenvalue weighted by atomic mass is 9.93. The largest absolute Gasteiger partial charge is 0.416 e. The molecule has 0 fully saturated rings. The molecule has 2 rings (SSSR count). The lowest BCUT2D eigenvalue weighted by Gasteiger charge is -2.15. The number of anilines is 1. The quantitative estimate of drug-likeness (QED) is 0.665. The summed E-state index contributed by atoms with van der Waals surface area (Å²) in [5, 5.41) is 11.5. The van der Waals surface area contributed by atoms with Gasteiger partial charge in [0.25, 0.3) is 5.56 Å². The van der Waals surface area contributed by atoms with Crippen molar-refractivity contribution >= 4 is 12.2 Å². The number of aromatic amines is 1. The molecule has 2 aromatic rings. The molecule has 0 aliphatic carbocycles. The molecule has 24 heavy (non-hydrogen) atoms. The molecule has 0 bridgehead atoms. The van der Waals surface area contributed by atoms with E-state index in [0.29, 0.717) is 11.3 Å². The molecular weight excluding hydrogens is 323 g/mol. The van der Waals surface area contributed by atoms with Crippen LogP contribution in [0.2, 0.25) is 0 Å². The van der Waals surface area contributed by atoms with Crippen LogP contribution in [0.1, 0.15) is 37.6 Å². The van der Waals surface area contributed by atoms with Gasteiger partial charge in [0.2, 0.25) is 5.95 Å². The maximum atomic E-state index is 12.5. The summed E-state index contributed by atoms with van der Waals surface area (Å²) < 4.78 is 37.4. The first-order chi connectivity index (χ1) is 11.1. The van der Waals surface area contributed by atoms with Crippen LogP contribution in [0.25, 0.3) is 0 Å². The van der Waals surface area contributed by atoms with Gasteiger partial charge < -0.3 is 0 Å². The van der Waals surface area contributed by atoms with Gasteiger partial charge in [0.15, 0.2) is 0 Å². The Kier molecular flexibility index (Phi) is 4.72. The minimum absolute atomic E-state index is 0.0381. The first-order valence-electron chi connectivity index (χ1n) is 7.01. The van der Waals surface area contributed by atoms with E-state index in [1.807, 2.05) is 20.8 Å². The SMILES string of the molecule is CC(C)(C)c1nnc(N/N=C/c2ccc(C(F)(F)F)cc2)[nH]c1=O. The number of H-pyrrole nitrogens is 1. The summed E-state index contributed by atoms with van der Waals surface area (Å²) in [4.78, 5) is 14.4. The normalized spacial score (nSPS) is 12.6. The monoisotopic (exact) mass is 339 g/mol. The third-order valence-corrected chi connectivity index (χ3v) is 3.03. The number of hydrazone groups is 1. The molecule has 0 amide bonds. The third-order valence-electron chi connectivity index (χ3n) is 3.03. The van der Waals surface area contributed by atoms with E-state index in [4.69, 9.17) is 0 Å². The van der Waals surface area contributed by atoms with Crippen LogP contribution >= 0.6 is 0 Å². The van der Waals surface area contributed by atoms with Crippen molar-refractivity contribution in [1.82, 2.24) is 15.2 Å². The van der Waals surface area contributed by atoms with Gasteiger partial charge in [-0.25, -0.2) is 5.43 Å². The third kappa shape index (κ3) is 4.40. The molecule has 128 valence electrons. The topological polar surface area (TPSA) is 83.0 Å². The zero-order chi connectivity index (χ0) is 18.0. The van der Waals surface area contributed by atoms with Crippen LogP contribution in [-0.4, -0.2) is 21.4 Å². The number of benzene rings is 1. The summed E-state index contributed by atoms with van der Waals surface area (Å²) in [5.41, 5.74) is 1.66. The van der Waals surface area contributed by atoms with E-state index >= 15 is 0 Å². The summed E-state index contributed by atoms with van der Waals surface area (Å²) in [6.45, 7) is 5.51. The molecule has 1 aromatic heterocycles. The molecule has 0 aliphatic heterocycles. The second-order valence-corrected chi connectivity index (χ2v) is 6.09. The first kappa shape index (κ1) is 17.6. The van der Waals surface area contributed by atoms with Crippen LogP contribution in [0.3, 0.4) is 0 Å². The van der Waals surface area contributed by atoms with Gasteiger partial charge in [0, 0.05) is 5.41 Å². The van der Waals surface area contributed by atoms with E-state index in [1.54, 1.807) is 0 Å². The molecular formula is C15H16F3N5O. The molecule has 0 aliphatic rings. The molecule has 0 atom stereocenters. The van der Waals surface area contributed by atoms with Crippen molar-refractivity contribution in [2.24, 2.45) is 5.10 Å². The van der Waals surface area contributed by atoms with Crippen LogP contribution in [-0.2, 0) is 11.6 Å². The average molecular weight is 339 g/mol. The average Bonchev–Trinajstić information content (AvgIpc) is 2.45. The number of halogens is 3. The van der Waals surface area contributed by atoms with Crippen molar-refractivity contribution in [1.29, 1.82) is 0 Å². The van der Waals surface area contributed by atoms with Gasteiger partial charge in [0.05, 0.1) is 11.8 Å². The highest BCUT2D eigenvalue weighted by molar-refractivity contribution is 5.80. The highest BCUT2D eigenvalue weighted by Crippen LogP contribution is 2.28. The molecule has 1 heterocycles. The Balaban J connectivity index is 2.07. The van der Waals surface area contributed by atoms with Crippen molar-refractivity contribution in [3.05, 3.63) is 51.4 Å². The number of alkyl halides is 3. The van der Waals surface area contributed by atoms with E-state index in [2.05, 4.69) is 25.7 Å². The standard InChI is InChI=1S/C15H16F3N5O/c1-14(2,3)11-12(24)20-13(23-21-11)22-19-8-9-4-6-10(7-5-9)15(16,17)18/h4-8H,1-3H3,(H2,20,22,23,24)/b19-8+. The van der Waals surface area contributed by atoms with E-state index in [9.17, 15) is 18.0 Å².